The van der Waals surface area contributed by atoms with E-state index in [4.69, 9.17) is 0 Å². The highest BCUT2D eigenvalue weighted by atomic mass is 19.1. The first-order valence-corrected chi connectivity index (χ1v) is 11.9. The van der Waals surface area contributed by atoms with Crippen molar-refractivity contribution in [3.63, 3.8) is 0 Å². The first-order valence-electron chi connectivity index (χ1n) is 11.9. The molecule has 1 atom stereocenters. The molecule has 0 radical (unpaired) electrons. The van der Waals surface area contributed by atoms with E-state index < -0.39 is 0 Å². The third-order valence-electron chi connectivity index (χ3n) is 6.74. The number of nitrogens with zero attached hydrogens (tertiary/aromatic N) is 4. The van der Waals surface area contributed by atoms with Crippen molar-refractivity contribution in [3.8, 4) is 0 Å². The number of H-pyrrole nitrogens is 1. The van der Waals surface area contributed by atoms with E-state index in [-0.39, 0.29) is 17.8 Å². The highest BCUT2D eigenvalue weighted by Crippen LogP contribution is 2.32. The zero-order valence-electron chi connectivity index (χ0n) is 18.8. The lowest BCUT2D eigenvalue weighted by atomic mass is 10.0. The molecular formula is C26H30FN5O. The number of benzene rings is 2. The van der Waals surface area contributed by atoms with E-state index in [2.05, 4.69) is 26.1 Å². The number of piperidine rings is 1. The van der Waals surface area contributed by atoms with Crippen molar-refractivity contribution in [1.82, 2.24) is 25.0 Å². The van der Waals surface area contributed by atoms with Gasteiger partial charge in [0.25, 0.3) is 5.91 Å². The van der Waals surface area contributed by atoms with Crippen LogP contribution in [0.3, 0.4) is 0 Å². The molecule has 2 fully saturated rings. The lowest BCUT2D eigenvalue weighted by molar-refractivity contribution is 0.0727. The number of nitrogens with one attached hydrogen (secondary N) is 1. The van der Waals surface area contributed by atoms with Crippen LogP contribution in [0.1, 0.15) is 71.3 Å². The molecule has 33 heavy (non-hydrogen) atoms. The van der Waals surface area contributed by atoms with Gasteiger partial charge in [0.05, 0.1) is 6.04 Å². The van der Waals surface area contributed by atoms with Crippen molar-refractivity contribution in [2.75, 3.05) is 19.6 Å². The fraction of sp³-hybridized carbons (Fsp3) is 0.423. The van der Waals surface area contributed by atoms with Gasteiger partial charge in [-0.05, 0) is 68.1 Å². The summed E-state index contributed by atoms with van der Waals surface area (Å²) < 4.78 is 13.2. The summed E-state index contributed by atoms with van der Waals surface area (Å²) in [7, 11) is 0. The Morgan fingerprint density at radius 1 is 1.00 bits per heavy atom. The number of amides is 1. The maximum atomic E-state index is 13.6. The molecule has 7 heteroatoms. The molecular weight excluding hydrogens is 417 g/mol. The van der Waals surface area contributed by atoms with Gasteiger partial charge in [0.2, 0.25) is 0 Å². The number of hydrogen-bond donors (Lipinski definition) is 1. The van der Waals surface area contributed by atoms with Crippen molar-refractivity contribution < 1.29 is 9.18 Å². The molecule has 6 nitrogen and oxygen atoms in total. The van der Waals surface area contributed by atoms with Gasteiger partial charge in [-0.15, -0.1) is 0 Å². The Morgan fingerprint density at radius 3 is 2.61 bits per heavy atom. The van der Waals surface area contributed by atoms with Crippen LogP contribution in [-0.2, 0) is 13.0 Å². The van der Waals surface area contributed by atoms with E-state index in [1.54, 1.807) is 12.1 Å². The quantitative estimate of drug-likeness (QED) is 0.604. The summed E-state index contributed by atoms with van der Waals surface area (Å²) in [5.74, 6) is 1.19. The van der Waals surface area contributed by atoms with E-state index in [0.717, 1.165) is 55.0 Å². The minimum Gasteiger partial charge on any atom is -0.328 e. The molecule has 1 unspecified atom stereocenters. The smallest absolute Gasteiger partial charge is 0.254 e. The topological polar surface area (TPSA) is 65.1 Å². The average molecular weight is 448 g/mol. The molecule has 2 aromatic carbocycles. The van der Waals surface area contributed by atoms with Crippen LogP contribution in [0, 0.1) is 5.82 Å². The molecule has 1 N–H and O–H groups in total. The molecule has 3 aromatic rings. The maximum absolute atomic E-state index is 13.6. The van der Waals surface area contributed by atoms with Crippen molar-refractivity contribution in [2.24, 2.45) is 0 Å². The highest BCUT2D eigenvalue weighted by Gasteiger charge is 2.34. The van der Waals surface area contributed by atoms with Crippen molar-refractivity contribution >= 4 is 5.91 Å². The van der Waals surface area contributed by atoms with Gasteiger partial charge in [-0.3, -0.25) is 14.8 Å². The zero-order valence-corrected chi connectivity index (χ0v) is 18.8. The molecule has 1 amide bonds. The summed E-state index contributed by atoms with van der Waals surface area (Å²) in [6, 6.07) is 14.3. The Labute approximate surface area is 193 Å². The number of likely N-dealkylation sites (tertiary alicyclic amines) is 2. The van der Waals surface area contributed by atoms with Crippen LogP contribution >= 0.6 is 0 Å². The number of aromatic nitrogens is 3. The third kappa shape index (κ3) is 4.98. The lowest BCUT2D eigenvalue weighted by Gasteiger charge is -2.28. The normalized spacial score (nSPS) is 19.2. The minimum absolute atomic E-state index is 0.0648. The first-order chi connectivity index (χ1) is 16.2. The van der Waals surface area contributed by atoms with Crippen molar-refractivity contribution in [3.05, 3.63) is 82.7 Å². The molecule has 172 valence electrons. The predicted molar refractivity (Wildman–Crippen MR) is 124 cm³/mol. The number of rotatable bonds is 6. The minimum atomic E-state index is -0.252. The second-order valence-corrected chi connectivity index (χ2v) is 9.09. The van der Waals surface area contributed by atoms with E-state index in [1.165, 1.54) is 31.4 Å². The fourth-order valence-corrected chi connectivity index (χ4v) is 4.99. The molecule has 5 rings (SSSR count). The average Bonchev–Trinajstić information content (AvgIpc) is 3.51. The summed E-state index contributed by atoms with van der Waals surface area (Å²) in [6.45, 7) is 3.73. The van der Waals surface area contributed by atoms with Gasteiger partial charge in [-0.25, -0.2) is 9.37 Å². The van der Waals surface area contributed by atoms with Gasteiger partial charge >= 0.3 is 0 Å². The molecule has 2 aliphatic heterocycles. The zero-order chi connectivity index (χ0) is 22.6. The highest BCUT2D eigenvalue weighted by molar-refractivity contribution is 5.96. The Balaban J connectivity index is 1.31. The summed E-state index contributed by atoms with van der Waals surface area (Å²) in [4.78, 5) is 22.7. The first kappa shape index (κ1) is 21.8. The molecule has 0 aliphatic carbocycles. The van der Waals surface area contributed by atoms with Gasteiger partial charge in [0.15, 0.2) is 5.82 Å². The largest absolute Gasteiger partial charge is 0.328 e. The van der Waals surface area contributed by atoms with Gasteiger partial charge in [-0.2, -0.15) is 5.10 Å². The van der Waals surface area contributed by atoms with Crippen LogP contribution in [0.2, 0.25) is 0 Å². The van der Waals surface area contributed by atoms with Crippen LogP contribution in [0.15, 0.2) is 48.5 Å². The molecule has 3 heterocycles. The molecule has 0 saturated carbocycles. The van der Waals surface area contributed by atoms with Crippen molar-refractivity contribution in [1.29, 1.82) is 0 Å². The predicted octanol–water partition coefficient (Wildman–Crippen LogP) is 4.50. The van der Waals surface area contributed by atoms with Crippen molar-refractivity contribution in [2.45, 2.75) is 51.1 Å². The van der Waals surface area contributed by atoms with Crippen LogP contribution in [0.25, 0.3) is 0 Å². The summed E-state index contributed by atoms with van der Waals surface area (Å²) in [6.07, 6.45) is 6.10. The summed E-state index contributed by atoms with van der Waals surface area (Å²) in [5.41, 5.74) is 2.85. The number of carbonyl (C=O) groups is 1. The number of hydrogen-bond acceptors (Lipinski definition) is 4. The monoisotopic (exact) mass is 447 g/mol. The molecule has 0 bridgehead atoms. The SMILES string of the molecule is O=C(c1ccccc1CN1CCCCC1)N1CCCC1c1n[nH]c(Cc2ccc(F)cc2)n1. The molecule has 1 aromatic heterocycles. The van der Waals surface area contributed by atoms with E-state index >= 15 is 0 Å². The summed E-state index contributed by atoms with van der Waals surface area (Å²) >= 11 is 0. The Kier molecular flexibility index (Phi) is 6.48. The van der Waals surface area contributed by atoms with Gasteiger partial charge in [0.1, 0.15) is 11.6 Å². The van der Waals surface area contributed by atoms with Crippen LogP contribution in [0.4, 0.5) is 4.39 Å². The van der Waals surface area contributed by atoms with E-state index in [9.17, 15) is 9.18 Å². The number of aromatic amines is 1. The fourth-order valence-electron chi connectivity index (χ4n) is 4.99. The Hall–Kier alpha value is -3.06. The maximum Gasteiger partial charge on any atom is 0.254 e. The van der Waals surface area contributed by atoms with E-state index in [0.29, 0.717) is 18.8 Å². The standard InChI is InChI=1S/C26H30FN5O/c27-21-12-10-19(11-13-21)17-24-28-25(30-29-24)23-9-6-16-32(23)26(33)22-8-3-2-7-20(22)18-31-14-4-1-5-15-31/h2-3,7-8,10-13,23H,1,4-6,9,14-18H2,(H,28,29,30). The number of halogens is 1. The third-order valence-corrected chi connectivity index (χ3v) is 6.74. The van der Waals surface area contributed by atoms with Crippen LogP contribution in [-0.4, -0.2) is 50.5 Å². The Bertz CT molecular complexity index is 1090. The lowest BCUT2D eigenvalue weighted by Crippen LogP contribution is -2.33. The van der Waals surface area contributed by atoms with Gasteiger partial charge < -0.3 is 4.90 Å². The Morgan fingerprint density at radius 2 is 1.79 bits per heavy atom. The summed E-state index contributed by atoms with van der Waals surface area (Å²) in [5, 5.41) is 7.45. The van der Waals surface area contributed by atoms with Gasteiger partial charge in [-0.1, -0.05) is 36.8 Å². The van der Waals surface area contributed by atoms with Gasteiger partial charge in [0, 0.05) is 25.1 Å². The molecule has 2 saturated heterocycles. The second kappa shape index (κ2) is 9.83. The van der Waals surface area contributed by atoms with Crippen LogP contribution < -0.4 is 0 Å². The molecule has 2 aliphatic rings. The number of carbonyl (C=O) groups excluding carboxylic acids is 1. The van der Waals surface area contributed by atoms with E-state index in [1.807, 2.05) is 23.1 Å². The second-order valence-electron chi connectivity index (χ2n) is 9.09. The van der Waals surface area contributed by atoms with Crippen LogP contribution in [0.5, 0.6) is 0 Å². The molecule has 0 spiro atoms.